The fourth-order valence-electron chi connectivity index (χ4n) is 1.30. The number of amides is 1. The quantitative estimate of drug-likeness (QED) is 0.649. The van der Waals surface area contributed by atoms with Gasteiger partial charge < -0.3 is 15.7 Å². The Morgan fingerprint density at radius 2 is 2.12 bits per heavy atom. The van der Waals surface area contributed by atoms with Crippen LogP contribution in [0.15, 0.2) is 0 Å². The second kappa shape index (κ2) is 8.41. The number of nitrogens with two attached hydrogens (primary N) is 1. The minimum absolute atomic E-state index is 0.264. The van der Waals surface area contributed by atoms with E-state index in [0.717, 1.165) is 12.2 Å². The summed E-state index contributed by atoms with van der Waals surface area (Å²) in [5.74, 6) is -0.461. The van der Waals surface area contributed by atoms with Gasteiger partial charge in [-0.3, -0.25) is 9.59 Å². The largest absolute Gasteiger partial charge is 0.480 e. The highest BCUT2D eigenvalue weighted by Crippen LogP contribution is 2.03. The standard InChI is InChI=1S/C10H20N2O3S/c1-3-5-12(7-9(13)14)10(15)8(11)4-6-16-2/h8H,3-7,11H2,1-2H3,(H,13,14)/t8-/m0/s1. The van der Waals surface area contributed by atoms with Crippen LogP contribution < -0.4 is 5.73 Å². The van der Waals surface area contributed by atoms with E-state index in [0.29, 0.717) is 13.0 Å². The Bertz CT molecular complexity index is 236. The predicted molar refractivity (Wildman–Crippen MR) is 65.5 cm³/mol. The zero-order chi connectivity index (χ0) is 12.6. The summed E-state index contributed by atoms with van der Waals surface area (Å²) in [7, 11) is 0. The monoisotopic (exact) mass is 248 g/mol. The predicted octanol–water partition coefficient (Wildman–Crippen LogP) is 0.390. The van der Waals surface area contributed by atoms with Crippen molar-refractivity contribution in [2.45, 2.75) is 25.8 Å². The molecule has 1 amide bonds. The molecule has 0 unspecified atom stereocenters. The zero-order valence-electron chi connectivity index (χ0n) is 9.81. The van der Waals surface area contributed by atoms with Gasteiger partial charge in [-0.15, -0.1) is 0 Å². The van der Waals surface area contributed by atoms with E-state index in [4.69, 9.17) is 10.8 Å². The van der Waals surface area contributed by atoms with Crippen LogP contribution in [0.5, 0.6) is 0 Å². The summed E-state index contributed by atoms with van der Waals surface area (Å²) in [6.07, 6.45) is 3.26. The molecular weight excluding hydrogens is 228 g/mol. The zero-order valence-corrected chi connectivity index (χ0v) is 10.6. The number of hydrogen-bond donors (Lipinski definition) is 2. The highest BCUT2D eigenvalue weighted by Gasteiger charge is 2.21. The van der Waals surface area contributed by atoms with E-state index in [1.807, 2.05) is 13.2 Å². The van der Waals surface area contributed by atoms with Crippen molar-refractivity contribution in [1.82, 2.24) is 4.90 Å². The Hall–Kier alpha value is -0.750. The first-order chi connectivity index (χ1) is 7.52. The third-order valence-electron chi connectivity index (χ3n) is 2.08. The topological polar surface area (TPSA) is 83.6 Å². The van der Waals surface area contributed by atoms with Crippen LogP contribution in [0.25, 0.3) is 0 Å². The molecule has 6 heteroatoms. The molecule has 0 saturated heterocycles. The fraction of sp³-hybridized carbons (Fsp3) is 0.800. The Labute approximate surface area is 100 Å². The first-order valence-corrected chi connectivity index (χ1v) is 6.67. The summed E-state index contributed by atoms with van der Waals surface area (Å²) < 4.78 is 0. The normalized spacial score (nSPS) is 12.2. The van der Waals surface area contributed by atoms with Gasteiger partial charge in [-0.1, -0.05) is 6.92 Å². The minimum Gasteiger partial charge on any atom is -0.480 e. The van der Waals surface area contributed by atoms with Crippen LogP contribution in [0.2, 0.25) is 0 Å². The maximum absolute atomic E-state index is 11.8. The molecule has 0 aliphatic carbocycles. The Balaban J connectivity index is 4.29. The Morgan fingerprint density at radius 3 is 2.56 bits per heavy atom. The second-order valence-electron chi connectivity index (χ2n) is 3.54. The first kappa shape index (κ1) is 15.2. The Kier molecular flexibility index (Phi) is 8.01. The van der Waals surface area contributed by atoms with Crippen LogP contribution >= 0.6 is 11.8 Å². The van der Waals surface area contributed by atoms with Gasteiger partial charge in [-0.2, -0.15) is 11.8 Å². The molecule has 3 N–H and O–H groups in total. The lowest BCUT2D eigenvalue weighted by atomic mass is 10.2. The molecule has 0 bridgehead atoms. The highest BCUT2D eigenvalue weighted by atomic mass is 32.2. The van der Waals surface area contributed by atoms with Gasteiger partial charge in [0.25, 0.3) is 0 Å². The van der Waals surface area contributed by atoms with Crippen LogP contribution in [0, 0.1) is 0 Å². The molecule has 1 atom stereocenters. The van der Waals surface area contributed by atoms with Crippen LogP contribution in [-0.4, -0.2) is 53.0 Å². The molecule has 0 rings (SSSR count). The van der Waals surface area contributed by atoms with E-state index >= 15 is 0 Å². The summed E-state index contributed by atoms with van der Waals surface area (Å²) in [6.45, 7) is 2.08. The molecule has 0 aliphatic heterocycles. The van der Waals surface area contributed by atoms with E-state index in [2.05, 4.69) is 0 Å². The van der Waals surface area contributed by atoms with E-state index < -0.39 is 12.0 Å². The average molecular weight is 248 g/mol. The van der Waals surface area contributed by atoms with Crippen molar-refractivity contribution in [1.29, 1.82) is 0 Å². The molecule has 5 nitrogen and oxygen atoms in total. The van der Waals surface area contributed by atoms with E-state index in [1.165, 1.54) is 4.90 Å². The van der Waals surface area contributed by atoms with Gasteiger partial charge in [-0.25, -0.2) is 0 Å². The molecule has 0 spiro atoms. The highest BCUT2D eigenvalue weighted by molar-refractivity contribution is 7.98. The molecule has 16 heavy (non-hydrogen) atoms. The smallest absolute Gasteiger partial charge is 0.323 e. The maximum atomic E-state index is 11.8. The lowest BCUT2D eigenvalue weighted by Gasteiger charge is -2.23. The molecule has 0 aromatic heterocycles. The molecule has 0 aromatic rings. The number of hydrogen-bond acceptors (Lipinski definition) is 4. The van der Waals surface area contributed by atoms with Crippen molar-refractivity contribution in [3.8, 4) is 0 Å². The summed E-state index contributed by atoms with van der Waals surface area (Å²) in [5, 5.41) is 8.68. The number of carboxylic acid groups (broad SMARTS) is 1. The number of carbonyl (C=O) groups is 2. The molecule has 0 aromatic carbocycles. The SMILES string of the molecule is CCCN(CC(=O)O)C(=O)[C@@H](N)CCSC. The van der Waals surface area contributed by atoms with Crippen molar-refractivity contribution in [2.24, 2.45) is 5.73 Å². The van der Waals surface area contributed by atoms with Gasteiger partial charge >= 0.3 is 5.97 Å². The van der Waals surface area contributed by atoms with Gasteiger partial charge in [0, 0.05) is 6.54 Å². The molecule has 94 valence electrons. The first-order valence-electron chi connectivity index (χ1n) is 5.28. The van der Waals surface area contributed by atoms with Gasteiger partial charge in [0.05, 0.1) is 6.04 Å². The van der Waals surface area contributed by atoms with Crippen molar-refractivity contribution in [2.75, 3.05) is 25.1 Å². The van der Waals surface area contributed by atoms with Crippen LogP contribution in [0.1, 0.15) is 19.8 Å². The minimum atomic E-state index is -1.00. The van der Waals surface area contributed by atoms with E-state index in [9.17, 15) is 9.59 Å². The molecule has 0 aliphatic rings. The molecule has 0 heterocycles. The van der Waals surface area contributed by atoms with Crippen molar-refractivity contribution in [3.63, 3.8) is 0 Å². The molecular formula is C10H20N2O3S. The average Bonchev–Trinajstić information content (AvgIpc) is 2.23. The lowest BCUT2D eigenvalue weighted by molar-refractivity contribution is -0.145. The number of rotatable bonds is 8. The third-order valence-corrected chi connectivity index (χ3v) is 2.73. The van der Waals surface area contributed by atoms with Gasteiger partial charge in [0.2, 0.25) is 5.91 Å². The number of carbonyl (C=O) groups excluding carboxylic acids is 1. The maximum Gasteiger partial charge on any atom is 0.323 e. The molecule has 0 fully saturated rings. The number of nitrogens with zero attached hydrogens (tertiary/aromatic N) is 1. The third kappa shape index (κ3) is 5.97. The lowest BCUT2D eigenvalue weighted by Crippen LogP contribution is -2.46. The molecule has 0 saturated carbocycles. The number of carboxylic acids is 1. The Morgan fingerprint density at radius 1 is 1.50 bits per heavy atom. The van der Waals surface area contributed by atoms with Crippen molar-refractivity contribution < 1.29 is 14.7 Å². The summed E-state index contributed by atoms with van der Waals surface area (Å²) >= 11 is 1.62. The number of aliphatic carboxylic acids is 1. The van der Waals surface area contributed by atoms with Crippen LogP contribution in [0.4, 0.5) is 0 Å². The summed E-state index contributed by atoms with van der Waals surface area (Å²) in [6, 6.07) is -0.585. The number of thioether (sulfide) groups is 1. The van der Waals surface area contributed by atoms with Gasteiger partial charge in [0.15, 0.2) is 0 Å². The van der Waals surface area contributed by atoms with E-state index in [-0.39, 0.29) is 12.5 Å². The van der Waals surface area contributed by atoms with E-state index in [1.54, 1.807) is 11.8 Å². The van der Waals surface area contributed by atoms with Crippen LogP contribution in [-0.2, 0) is 9.59 Å². The molecule has 0 radical (unpaired) electrons. The summed E-state index contributed by atoms with van der Waals surface area (Å²) in [4.78, 5) is 23.7. The van der Waals surface area contributed by atoms with Gasteiger partial charge in [-0.05, 0) is 24.9 Å². The summed E-state index contributed by atoms with van der Waals surface area (Å²) in [5.41, 5.74) is 5.71. The second-order valence-corrected chi connectivity index (χ2v) is 4.53. The van der Waals surface area contributed by atoms with Gasteiger partial charge in [0.1, 0.15) is 6.54 Å². The fourth-order valence-corrected chi connectivity index (χ4v) is 1.79. The van der Waals surface area contributed by atoms with Crippen molar-refractivity contribution >= 4 is 23.6 Å². The van der Waals surface area contributed by atoms with Crippen LogP contribution in [0.3, 0.4) is 0 Å². The van der Waals surface area contributed by atoms with Crippen molar-refractivity contribution in [3.05, 3.63) is 0 Å².